The molecule has 0 unspecified atom stereocenters. The van der Waals surface area contributed by atoms with Crippen LogP contribution in [0.1, 0.15) is 37.7 Å². The third kappa shape index (κ3) is 4.42. The maximum atomic E-state index is 15.5. The Bertz CT molecular complexity index is 989. The first-order valence-corrected chi connectivity index (χ1v) is 9.76. The predicted molar refractivity (Wildman–Crippen MR) is 109 cm³/mol. The van der Waals surface area contributed by atoms with Gasteiger partial charge in [0.05, 0.1) is 18.1 Å². The van der Waals surface area contributed by atoms with Crippen LogP contribution in [0.4, 0.5) is 16.0 Å². The average Bonchev–Trinajstić information content (AvgIpc) is 2.72. The SMILES string of the molecule is Nc1cnc(-c2ccc(CC3CCCCC3)c(Oc3nccc(N)n3)c2F)cn1. The summed E-state index contributed by atoms with van der Waals surface area (Å²) in [5.41, 5.74) is 12.8. The van der Waals surface area contributed by atoms with Crippen molar-refractivity contribution in [2.45, 2.75) is 38.5 Å². The fourth-order valence-electron chi connectivity index (χ4n) is 3.74. The summed E-state index contributed by atoms with van der Waals surface area (Å²) >= 11 is 0. The van der Waals surface area contributed by atoms with Crippen molar-refractivity contribution in [2.75, 3.05) is 11.5 Å². The molecule has 0 aliphatic heterocycles. The monoisotopic (exact) mass is 394 g/mol. The average molecular weight is 394 g/mol. The number of rotatable bonds is 5. The fraction of sp³-hybridized carbons (Fsp3) is 0.333. The van der Waals surface area contributed by atoms with E-state index in [2.05, 4.69) is 19.9 Å². The van der Waals surface area contributed by atoms with Gasteiger partial charge < -0.3 is 16.2 Å². The first-order chi connectivity index (χ1) is 14.1. The van der Waals surface area contributed by atoms with E-state index in [0.29, 0.717) is 11.6 Å². The van der Waals surface area contributed by atoms with Crippen LogP contribution in [0.3, 0.4) is 0 Å². The molecule has 1 aliphatic carbocycles. The molecular formula is C21H23FN6O. The molecule has 29 heavy (non-hydrogen) atoms. The number of aromatic nitrogens is 4. The molecule has 8 heteroatoms. The lowest BCUT2D eigenvalue weighted by molar-refractivity contribution is 0.347. The van der Waals surface area contributed by atoms with Gasteiger partial charge in [-0.15, -0.1) is 0 Å². The number of nitrogens with zero attached hydrogens (tertiary/aromatic N) is 4. The summed E-state index contributed by atoms with van der Waals surface area (Å²) in [7, 11) is 0. The van der Waals surface area contributed by atoms with Crippen LogP contribution in [0.2, 0.25) is 0 Å². The van der Waals surface area contributed by atoms with Gasteiger partial charge in [0.2, 0.25) is 0 Å². The Hall–Kier alpha value is -3.29. The number of benzene rings is 1. The maximum Gasteiger partial charge on any atom is 0.323 e. The summed E-state index contributed by atoms with van der Waals surface area (Å²) in [6, 6.07) is 5.15. The third-order valence-corrected chi connectivity index (χ3v) is 5.21. The quantitative estimate of drug-likeness (QED) is 0.668. The summed E-state index contributed by atoms with van der Waals surface area (Å²) in [6.07, 6.45) is 11.0. The van der Waals surface area contributed by atoms with E-state index in [0.717, 1.165) is 24.8 Å². The van der Waals surface area contributed by atoms with E-state index in [1.165, 1.54) is 37.9 Å². The smallest absolute Gasteiger partial charge is 0.323 e. The molecule has 4 N–H and O–H groups in total. The molecule has 0 amide bonds. The standard InChI is InChI=1S/C21H23FN6O/c22-19-15(16-11-27-18(24)12-26-16)7-6-14(10-13-4-2-1-3-5-13)20(19)29-21-25-9-8-17(23)28-21/h6-9,11-13H,1-5,10H2,(H2,24,27)(H2,23,25,28). The van der Waals surface area contributed by atoms with E-state index in [4.69, 9.17) is 16.2 Å². The van der Waals surface area contributed by atoms with Crippen molar-refractivity contribution in [3.8, 4) is 23.0 Å². The number of hydrogen-bond acceptors (Lipinski definition) is 7. The Morgan fingerprint density at radius 2 is 1.79 bits per heavy atom. The van der Waals surface area contributed by atoms with Crippen molar-refractivity contribution in [3.05, 3.63) is 48.2 Å². The maximum absolute atomic E-state index is 15.5. The molecule has 1 aliphatic rings. The van der Waals surface area contributed by atoms with Crippen LogP contribution in [-0.2, 0) is 6.42 Å². The van der Waals surface area contributed by atoms with E-state index >= 15 is 4.39 Å². The molecular weight excluding hydrogens is 371 g/mol. The summed E-state index contributed by atoms with van der Waals surface area (Å²) in [5.74, 6) is 0.618. The molecule has 0 saturated heterocycles. The van der Waals surface area contributed by atoms with Crippen LogP contribution in [0.15, 0.2) is 36.8 Å². The van der Waals surface area contributed by atoms with Gasteiger partial charge in [-0.3, -0.25) is 4.98 Å². The fourth-order valence-corrected chi connectivity index (χ4v) is 3.74. The van der Waals surface area contributed by atoms with Crippen LogP contribution in [0.5, 0.6) is 11.8 Å². The molecule has 2 heterocycles. The lowest BCUT2D eigenvalue weighted by Gasteiger charge is -2.23. The van der Waals surface area contributed by atoms with Gasteiger partial charge >= 0.3 is 6.01 Å². The van der Waals surface area contributed by atoms with Crippen molar-refractivity contribution in [3.63, 3.8) is 0 Å². The zero-order chi connectivity index (χ0) is 20.2. The topological polar surface area (TPSA) is 113 Å². The summed E-state index contributed by atoms with van der Waals surface area (Å²) < 4.78 is 21.3. The Morgan fingerprint density at radius 1 is 0.966 bits per heavy atom. The van der Waals surface area contributed by atoms with Crippen LogP contribution in [-0.4, -0.2) is 19.9 Å². The first kappa shape index (κ1) is 19.0. The highest BCUT2D eigenvalue weighted by Crippen LogP contribution is 2.37. The molecule has 3 aromatic rings. The highest BCUT2D eigenvalue weighted by molar-refractivity contribution is 5.64. The summed E-state index contributed by atoms with van der Waals surface area (Å²) in [6.45, 7) is 0. The zero-order valence-electron chi connectivity index (χ0n) is 16.0. The number of halogens is 1. The minimum absolute atomic E-state index is 0.00864. The molecule has 0 spiro atoms. The van der Waals surface area contributed by atoms with Crippen molar-refractivity contribution in [1.29, 1.82) is 0 Å². The van der Waals surface area contributed by atoms with Gasteiger partial charge in [0.15, 0.2) is 11.6 Å². The second-order valence-corrected chi connectivity index (χ2v) is 7.32. The van der Waals surface area contributed by atoms with Gasteiger partial charge in [0, 0.05) is 11.8 Å². The van der Waals surface area contributed by atoms with Crippen LogP contribution in [0.25, 0.3) is 11.3 Å². The van der Waals surface area contributed by atoms with Crippen molar-refractivity contribution >= 4 is 11.6 Å². The van der Waals surface area contributed by atoms with Crippen LogP contribution < -0.4 is 16.2 Å². The summed E-state index contributed by atoms with van der Waals surface area (Å²) in [4.78, 5) is 16.3. The lowest BCUT2D eigenvalue weighted by Crippen LogP contribution is -2.11. The Balaban J connectivity index is 1.73. The zero-order valence-corrected chi connectivity index (χ0v) is 16.0. The number of nitrogen functional groups attached to an aromatic ring is 2. The molecule has 7 nitrogen and oxygen atoms in total. The largest absolute Gasteiger partial charge is 0.421 e. The van der Waals surface area contributed by atoms with Gasteiger partial charge in [0.25, 0.3) is 0 Å². The van der Waals surface area contributed by atoms with Crippen LogP contribution in [0, 0.1) is 11.7 Å². The molecule has 2 aromatic heterocycles. The van der Waals surface area contributed by atoms with E-state index in [9.17, 15) is 0 Å². The van der Waals surface area contributed by atoms with Gasteiger partial charge in [-0.05, 0) is 30.0 Å². The molecule has 0 atom stereocenters. The molecule has 4 rings (SSSR count). The number of ether oxygens (including phenoxy) is 1. The highest BCUT2D eigenvalue weighted by atomic mass is 19.1. The van der Waals surface area contributed by atoms with Gasteiger partial charge in [-0.1, -0.05) is 38.2 Å². The van der Waals surface area contributed by atoms with Crippen molar-refractivity contribution in [1.82, 2.24) is 19.9 Å². The molecule has 150 valence electrons. The summed E-state index contributed by atoms with van der Waals surface area (Å²) in [5, 5.41) is 0. The van der Waals surface area contributed by atoms with Crippen molar-refractivity contribution in [2.24, 2.45) is 5.92 Å². The van der Waals surface area contributed by atoms with E-state index in [-0.39, 0.29) is 29.0 Å². The second-order valence-electron chi connectivity index (χ2n) is 7.32. The number of anilines is 2. The Kier molecular flexibility index (Phi) is 5.50. The van der Waals surface area contributed by atoms with Crippen LogP contribution >= 0.6 is 0 Å². The van der Waals surface area contributed by atoms with Gasteiger partial charge in [-0.25, -0.2) is 14.4 Å². The Labute approximate surface area is 168 Å². The third-order valence-electron chi connectivity index (χ3n) is 5.21. The minimum Gasteiger partial charge on any atom is -0.421 e. The normalized spacial score (nSPS) is 14.7. The molecule has 1 fully saturated rings. The van der Waals surface area contributed by atoms with Gasteiger partial charge in [0.1, 0.15) is 11.6 Å². The van der Waals surface area contributed by atoms with Crippen molar-refractivity contribution < 1.29 is 9.13 Å². The first-order valence-electron chi connectivity index (χ1n) is 9.76. The van der Waals surface area contributed by atoms with E-state index < -0.39 is 5.82 Å². The predicted octanol–water partition coefficient (Wildman–Crippen LogP) is 4.15. The molecule has 0 radical (unpaired) electrons. The lowest BCUT2D eigenvalue weighted by atomic mass is 9.84. The number of hydrogen-bond donors (Lipinski definition) is 2. The highest BCUT2D eigenvalue weighted by Gasteiger charge is 2.22. The van der Waals surface area contributed by atoms with E-state index in [1.807, 2.05) is 6.07 Å². The number of nitrogens with two attached hydrogens (primary N) is 2. The molecule has 0 bridgehead atoms. The molecule has 1 aromatic carbocycles. The molecule has 1 saturated carbocycles. The Morgan fingerprint density at radius 3 is 2.52 bits per heavy atom. The van der Waals surface area contributed by atoms with Gasteiger partial charge in [-0.2, -0.15) is 4.98 Å². The minimum atomic E-state index is -0.525. The second kappa shape index (κ2) is 8.38. The van der Waals surface area contributed by atoms with E-state index in [1.54, 1.807) is 12.1 Å².